The Kier molecular flexibility index (Phi) is 6.49. The minimum Gasteiger partial charge on any atom is -0.375 e. The van der Waals surface area contributed by atoms with Crippen LogP contribution in [-0.2, 0) is 4.79 Å². The summed E-state index contributed by atoms with van der Waals surface area (Å²) in [7, 11) is 1.57. The van der Waals surface area contributed by atoms with Crippen LogP contribution in [0.2, 0.25) is 0 Å². The highest BCUT2D eigenvalue weighted by Gasteiger charge is 2.23. The molecule has 0 unspecified atom stereocenters. The second-order valence-corrected chi connectivity index (χ2v) is 7.05. The molecule has 0 radical (unpaired) electrons. The molecule has 1 aliphatic rings. The second kappa shape index (κ2) is 9.23. The molecule has 152 valence electrons. The van der Waals surface area contributed by atoms with Gasteiger partial charge in [-0.25, -0.2) is 0 Å². The lowest BCUT2D eigenvalue weighted by Gasteiger charge is -2.20. The molecular formula is C22H26N4O3. The maximum absolute atomic E-state index is 12.9. The van der Waals surface area contributed by atoms with Gasteiger partial charge in [0.25, 0.3) is 11.8 Å². The van der Waals surface area contributed by atoms with Crippen molar-refractivity contribution in [2.24, 2.45) is 0 Å². The van der Waals surface area contributed by atoms with Crippen LogP contribution in [0.3, 0.4) is 0 Å². The lowest BCUT2D eigenvalue weighted by atomic mass is 10.0. The molecule has 2 aromatic rings. The molecule has 0 atom stereocenters. The zero-order chi connectivity index (χ0) is 20.8. The van der Waals surface area contributed by atoms with E-state index in [0.717, 1.165) is 31.5 Å². The number of likely N-dealkylation sites (tertiary alicyclic amines) is 1. The van der Waals surface area contributed by atoms with Crippen LogP contribution in [0.15, 0.2) is 42.5 Å². The zero-order valence-corrected chi connectivity index (χ0v) is 16.7. The van der Waals surface area contributed by atoms with Gasteiger partial charge in [-0.05, 0) is 55.7 Å². The van der Waals surface area contributed by atoms with E-state index < -0.39 is 0 Å². The van der Waals surface area contributed by atoms with Gasteiger partial charge in [-0.1, -0.05) is 12.1 Å². The summed E-state index contributed by atoms with van der Waals surface area (Å²) < 4.78 is 0. The Hall–Kier alpha value is -3.35. The van der Waals surface area contributed by atoms with Gasteiger partial charge in [0.1, 0.15) is 0 Å². The highest BCUT2D eigenvalue weighted by atomic mass is 16.2. The molecule has 29 heavy (non-hydrogen) atoms. The first-order valence-corrected chi connectivity index (χ1v) is 9.74. The Morgan fingerprint density at radius 2 is 1.69 bits per heavy atom. The quantitative estimate of drug-likeness (QED) is 0.703. The van der Waals surface area contributed by atoms with E-state index in [9.17, 15) is 14.4 Å². The van der Waals surface area contributed by atoms with Crippen molar-refractivity contribution in [1.82, 2.24) is 10.2 Å². The number of anilines is 2. The average Bonchev–Trinajstić information content (AvgIpc) is 3.27. The number of benzene rings is 2. The highest BCUT2D eigenvalue weighted by molar-refractivity contribution is 6.02. The van der Waals surface area contributed by atoms with Gasteiger partial charge in [0.15, 0.2) is 0 Å². The third-order valence-electron chi connectivity index (χ3n) is 4.98. The number of aryl methyl sites for hydroxylation is 1. The number of carbonyl (C=O) groups is 3. The SMILES string of the molecule is CNC(=O)c1ccc(NC(=O)CNc2cccc(C)c2C(=O)N2CCCC2)cc1. The van der Waals surface area contributed by atoms with Crippen molar-refractivity contribution in [3.8, 4) is 0 Å². The number of amides is 3. The zero-order valence-electron chi connectivity index (χ0n) is 16.7. The Balaban J connectivity index is 1.63. The first kappa shape index (κ1) is 20.4. The minimum absolute atomic E-state index is 0.00768. The second-order valence-electron chi connectivity index (χ2n) is 7.05. The van der Waals surface area contributed by atoms with Gasteiger partial charge in [-0.3, -0.25) is 14.4 Å². The summed E-state index contributed by atoms with van der Waals surface area (Å²) in [4.78, 5) is 38.7. The summed E-state index contributed by atoms with van der Waals surface area (Å²) in [6.45, 7) is 3.49. The summed E-state index contributed by atoms with van der Waals surface area (Å²) in [5.41, 5.74) is 3.29. The van der Waals surface area contributed by atoms with E-state index >= 15 is 0 Å². The lowest BCUT2D eigenvalue weighted by molar-refractivity contribution is -0.114. The smallest absolute Gasteiger partial charge is 0.256 e. The fourth-order valence-corrected chi connectivity index (χ4v) is 3.41. The predicted molar refractivity (Wildman–Crippen MR) is 113 cm³/mol. The van der Waals surface area contributed by atoms with E-state index in [1.165, 1.54) is 0 Å². The Bertz CT molecular complexity index is 903. The molecule has 0 aliphatic carbocycles. The first-order valence-electron chi connectivity index (χ1n) is 9.74. The highest BCUT2D eigenvalue weighted by Crippen LogP contribution is 2.23. The van der Waals surface area contributed by atoms with Gasteiger partial charge >= 0.3 is 0 Å². The van der Waals surface area contributed by atoms with E-state index in [1.807, 2.05) is 30.0 Å². The van der Waals surface area contributed by atoms with Gasteiger partial charge in [0.05, 0.1) is 12.1 Å². The van der Waals surface area contributed by atoms with E-state index in [4.69, 9.17) is 0 Å². The minimum atomic E-state index is -0.237. The lowest BCUT2D eigenvalue weighted by Crippen LogP contribution is -2.30. The van der Waals surface area contributed by atoms with Crippen LogP contribution in [0, 0.1) is 6.92 Å². The van der Waals surface area contributed by atoms with Crippen molar-refractivity contribution in [2.45, 2.75) is 19.8 Å². The van der Waals surface area contributed by atoms with Gasteiger partial charge in [-0.15, -0.1) is 0 Å². The van der Waals surface area contributed by atoms with Crippen LogP contribution >= 0.6 is 0 Å². The summed E-state index contributed by atoms with van der Waals surface area (Å²) in [5.74, 6) is -0.411. The fourth-order valence-electron chi connectivity index (χ4n) is 3.41. The van der Waals surface area contributed by atoms with Crippen LogP contribution in [-0.4, -0.2) is 49.3 Å². The normalized spacial score (nSPS) is 13.1. The summed E-state index contributed by atoms with van der Waals surface area (Å²) in [6.07, 6.45) is 2.06. The van der Waals surface area contributed by atoms with E-state index in [-0.39, 0.29) is 24.3 Å². The molecule has 3 N–H and O–H groups in total. The topological polar surface area (TPSA) is 90.5 Å². The molecule has 1 aliphatic heterocycles. The van der Waals surface area contributed by atoms with Crippen molar-refractivity contribution in [3.63, 3.8) is 0 Å². The number of nitrogens with one attached hydrogen (secondary N) is 3. The van der Waals surface area contributed by atoms with Crippen molar-refractivity contribution >= 4 is 29.1 Å². The molecule has 3 rings (SSSR count). The van der Waals surface area contributed by atoms with Gasteiger partial charge in [0, 0.05) is 37.1 Å². The van der Waals surface area contributed by atoms with Gasteiger partial charge in [-0.2, -0.15) is 0 Å². The molecule has 1 saturated heterocycles. The molecule has 3 amide bonds. The summed E-state index contributed by atoms with van der Waals surface area (Å²) in [5, 5.41) is 8.43. The molecule has 1 heterocycles. The largest absolute Gasteiger partial charge is 0.375 e. The van der Waals surface area contributed by atoms with Crippen molar-refractivity contribution in [3.05, 3.63) is 59.2 Å². The Morgan fingerprint density at radius 3 is 2.34 bits per heavy atom. The van der Waals surface area contributed by atoms with Crippen LogP contribution in [0.5, 0.6) is 0 Å². The van der Waals surface area contributed by atoms with Crippen LogP contribution in [0.4, 0.5) is 11.4 Å². The fraction of sp³-hybridized carbons (Fsp3) is 0.318. The van der Waals surface area contributed by atoms with Crippen molar-refractivity contribution < 1.29 is 14.4 Å². The maximum Gasteiger partial charge on any atom is 0.256 e. The molecule has 7 heteroatoms. The van der Waals surface area contributed by atoms with Crippen LogP contribution in [0.25, 0.3) is 0 Å². The molecule has 0 bridgehead atoms. The third kappa shape index (κ3) is 4.93. The number of rotatable bonds is 6. The molecule has 7 nitrogen and oxygen atoms in total. The molecule has 0 aromatic heterocycles. The number of nitrogens with zero attached hydrogens (tertiary/aromatic N) is 1. The molecule has 0 saturated carbocycles. The van der Waals surface area contributed by atoms with E-state index in [2.05, 4.69) is 16.0 Å². The molecule has 1 fully saturated rings. The molecule has 2 aromatic carbocycles. The van der Waals surface area contributed by atoms with Crippen molar-refractivity contribution in [1.29, 1.82) is 0 Å². The Morgan fingerprint density at radius 1 is 1.00 bits per heavy atom. The molecular weight excluding hydrogens is 368 g/mol. The number of hydrogen-bond acceptors (Lipinski definition) is 4. The predicted octanol–water partition coefficient (Wildman–Crippen LogP) is 2.64. The van der Waals surface area contributed by atoms with Crippen LogP contribution in [0.1, 0.15) is 39.1 Å². The summed E-state index contributed by atoms with van der Waals surface area (Å²) >= 11 is 0. The van der Waals surface area contributed by atoms with E-state index in [0.29, 0.717) is 22.5 Å². The van der Waals surface area contributed by atoms with Gasteiger partial charge in [0.2, 0.25) is 5.91 Å². The standard InChI is InChI=1S/C22H26N4O3/c1-15-6-5-7-18(20(15)22(29)26-12-3-4-13-26)24-14-19(27)25-17-10-8-16(9-11-17)21(28)23-2/h5-11,24H,3-4,12-14H2,1-2H3,(H,23,28)(H,25,27). The number of carbonyl (C=O) groups excluding carboxylic acids is 3. The molecule has 0 spiro atoms. The van der Waals surface area contributed by atoms with Gasteiger partial charge < -0.3 is 20.9 Å². The summed E-state index contributed by atoms with van der Waals surface area (Å²) in [6, 6.07) is 12.2. The third-order valence-corrected chi connectivity index (χ3v) is 4.98. The monoisotopic (exact) mass is 394 g/mol. The van der Waals surface area contributed by atoms with Crippen LogP contribution < -0.4 is 16.0 Å². The number of hydrogen-bond donors (Lipinski definition) is 3. The average molecular weight is 394 g/mol. The van der Waals surface area contributed by atoms with E-state index in [1.54, 1.807) is 31.3 Å². The first-order chi connectivity index (χ1) is 14.0. The van der Waals surface area contributed by atoms with Crippen molar-refractivity contribution in [2.75, 3.05) is 37.3 Å². The maximum atomic E-state index is 12.9. The Labute approximate surface area is 170 Å².